The third-order valence-corrected chi connectivity index (χ3v) is 6.61. The van der Waals surface area contributed by atoms with Crippen LogP contribution >= 0.6 is 0 Å². The average molecular weight is 564 g/mol. The lowest BCUT2D eigenvalue weighted by Crippen LogP contribution is -2.49. The molecule has 2 fully saturated rings. The van der Waals surface area contributed by atoms with E-state index in [1.807, 2.05) is 4.90 Å². The van der Waals surface area contributed by atoms with Crippen molar-refractivity contribution in [3.63, 3.8) is 0 Å². The maximum Gasteiger partial charge on any atom is 0.414 e. The number of anilines is 2. The van der Waals surface area contributed by atoms with Gasteiger partial charge in [-0.15, -0.1) is 0 Å². The molecule has 12 heteroatoms. The summed E-state index contributed by atoms with van der Waals surface area (Å²) in [7, 11) is 0. The zero-order valence-corrected chi connectivity index (χ0v) is 22.5. The van der Waals surface area contributed by atoms with Gasteiger partial charge in [-0.25, -0.2) is 19.0 Å². The molecule has 0 radical (unpaired) electrons. The lowest BCUT2D eigenvalue weighted by Gasteiger charge is -2.36. The number of carbonyl (C=O) groups excluding carboxylic acids is 3. The number of aromatic nitrogens is 2. The monoisotopic (exact) mass is 563 g/mol. The molecule has 0 saturated carbocycles. The van der Waals surface area contributed by atoms with Gasteiger partial charge in [0, 0.05) is 45.0 Å². The second-order valence-corrected chi connectivity index (χ2v) is 9.51. The minimum Gasteiger partial charge on any atom is -0.477 e. The summed E-state index contributed by atoms with van der Waals surface area (Å²) in [5, 5.41) is 8.32. The first-order chi connectivity index (χ1) is 19.7. The number of piperazine rings is 1. The molecular formula is C29H30FN5O6. The average Bonchev–Trinajstić information content (AvgIpc) is 3.37. The van der Waals surface area contributed by atoms with Crippen molar-refractivity contribution in [1.29, 1.82) is 0 Å². The molecule has 1 aromatic carbocycles. The van der Waals surface area contributed by atoms with E-state index in [0.717, 1.165) is 0 Å². The van der Waals surface area contributed by atoms with Crippen LogP contribution in [0.1, 0.15) is 40.7 Å². The zero-order chi connectivity index (χ0) is 29.4. The molecule has 11 nitrogen and oxygen atoms in total. The fraction of sp³-hybridized carbons (Fsp3) is 0.310. The molecule has 1 atom stereocenters. The molecule has 214 valence electrons. The van der Waals surface area contributed by atoms with Gasteiger partial charge in [0.15, 0.2) is 0 Å². The number of rotatable bonds is 7. The molecule has 4 heterocycles. The molecule has 1 N–H and O–H groups in total. The van der Waals surface area contributed by atoms with Gasteiger partial charge in [0.25, 0.3) is 5.91 Å². The van der Waals surface area contributed by atoms with Crippen LogP contribution in [-0.2, 0) is 9.53 Å². The van der Waals surface area contributed by atoms with Gasteiger partial charge in [-0.05, 0) is 55.8 Å². The van der Waals surface area contributed by atoms with Crippen molar-refractivity contribution in [2.24, 2.45) is 0 Å². The summed E-state index contributed by atoms with van der Waals surface area (Å²) in [4.78, 5) is 58.7. The summed E-state index contributed by atoms with van der Waals surface area (Å²) in [5.41, 5.74) is 1.33. The Labute approximate surface area is 236 Å². The summed E-state index contributed by atoms with van der Waals surface area (Å²) in [5.74, 6) is -1.52. The fourth-order valence-electron chi connectivity index (χ4n) is 4.46. The first-order valence-electron chi connectivity index (χ1n) is 13.1. The molecule has 5 rings (SSSR count). The van der Waals surface area contributed by atoms with E-state index in [0.29, 0.717) is 62.6 Å². The Balaban J connectivity index is 0.000000367. The van der Waals surface area contributed by atoms with Crippen LogP contribution in [0.2, 0.25) is 0 Å². The van der Waals surface area contributed by atoms with Crippen molar-refractivity contribution in [2.75, 3.05) is 42.5 Å². The summed E-state index contributed by atoms with van der Waals surface area (Å²) in [6.07, 6.45) is 2.92. The normalized spacial score (nSPS) is 16.5. The summed E-state index contributed by atoms with van der Waals surface area (Å²) >= 11 is 0. The van der Waals surface area contributed by atoms with Crippen LogP contribution in [0.5, 0.6) is 0 Å². The Morgan fingerprint density at radius 3 is 2.17 bits per heavy atom. The van der Waals surface area contributed by atoms with E-state index in [2.05, 4.69) is 9.97 Å². The molecule has 0 bridgehead atoms. The Hall–Kier alpha value is -4.87. The van der Waals surface area contributed by atoms with Crippen LogP contribution in [0.25, 0.3) is 0 Å². The van der Waals surface area contributed by atoms with Crippen molar-refractivity contribution in [1.82, 2.24) is 14.9 Å². The fourth-order valence-corrected chi connectivity index (χ4v) is 4.46. The van der Waals surface area contributed by atoms with Crippen molar-refractivity contribution >= 4 is 35.1 Å². The molecule has 2 amide bonds. The predicted molar refractivity (Wildman–Crippen MR) is 147 cm³/mol. The lowest BCUT2D eigenvalue weighted by atomic mass is 10.1. The van der Waals surface area contributed by atoms with E-state index in [4.69, 9.17) is 9.84 Å². The van der Waals surface area contributed by atoms with E-state index in [-0.39, 0.29) is 23.5 Å². The van der Waals surface area contributed by atoms with Crippen LogP contribution in [0.3, 0.4) is 0 Å². The SMILES string of the molecule is CC(=O)CC[C@H]1CN(c2ccc(N3CCN(C(=O)c4ccccn4)CC3)c(F)c2)C(=O)O1.O=C(O)c1ccccn1. The highest BCUT2D eigenvalue weighted by atomic mass is 19.1. The molecule has 2 aliphatic heterocycles. The zero-order valence-electron chi connectivity index (χ0n) is 22.5. The number of ether oxygens (including phenoxy) is 1. The molecule has 2 saturated heterocycles. The third kappa shape index (κ3) is 7.62. The van der Waals surface area contributed by atoms with Crippen molar-refractivity contribution in [2.45, 2.75) is 25.9 Å². The first-order valence-corrected chi connectivity index (χ1v) is 13.1. The van der Waals surface area contributed by atoms with Gasteiger partial charge in [0.05, 0.1) is 17.9 Å². The topological polar surface area (TPSA) is 133 Å². The number of Topliss-reactive ketones (excluding diaryl/α,β-unsaturated/α-hetero) is 1. The number of aromatic carboxylic acids is 1. The van der Waals surface area contributed by atoms with Gasteiger partial charge in [0.1, 0.15) is 29.1 Å². The molecule has 41 heavy (non-hydrogen) atoms. The van der Waals surface area contributed by atoms with E-state index >= 15 is 0 Å². The number of ketones is 1. The maximum absolute atomic E-state index is 14.9. The quantitative estimate of drug-likeness (QED) is 0.457. The van der Waals surface area contributed by atoms with Gasteiger partial charge < -0.3 is 24.4 Å². The molecular weight excluding hydrogens is 533 g/mol. The van der Waals surface area contributed by atoms with Gasteiger partial charge in [-0.2, -0.15) is 0 Å². The highest BCUT2D eigenvalue weighted by Gasteiger charge is 2.33. The lowest BCUT2D eigenvalue weighted by molar-refractivity contribution is -0.117. The van der Waals surface area contributed by atoms with Crippen molar-refractivity contribution < 1.29 is 33.4 Å². The van der Waals surface area contributed by atoms with E-state index < -0.39 is 17.9 Å². The smallest absolute Gasteiger partial charge is 0.414 e. The van der Waals surface area contributed by atoms with Gasteiger partial charge >= 0.3 is 12.1 Å². The number of hydrogen-bond donors (Lipinski definition) is 1. The van der Waals surface area contributed by atoms with Crippen molar-refractivity contribution in [3.05, 3.63) is 84.2 Å². The summed E-state index contributed by atoms with van der Waals surface area (Å²) in [6.45, 7) is 3.71. The van der Waals surface area contributed by atoms with E-state index in [1.165, 1.54) is 30.2 Å². The maximum atomic E-state index is 14.9. The number of carboxylic acids is 1. The number of amides is 2. The number of nitrogens with zero attached hydrogens (tertiary/aromatic N) is 5. The molecule has 2 aromatic heterocycles. The third-order valence-electron chi connectivity index (χ3n) is 6.61. The van der Waals surface area contributed by atoms with Gasteiger partial charge in [-0.1, -0.05) is 12.1 Å². The van der Waals surface area contributed by atoms with Gasteiger partial charge in [-0.3, -0.25) is 14.7 Å². The second kappa shape index (κ2) is 13.5. The van der Waals surface area contributed by atoms with Crippen LogP contribution in [0, 0.1) is 5.82 Å². The van der Waals surface area contributed by atoms with E-state index in [1.54, 1.807) is 53.6 Å². The molecule has 0 unspecified atom stereocenters. The van der Waals surface area contributed by atoms with Crippen LogP contribution < -0.4 is 9.80 Å². The number of carbonyl (C=O) groups is 4. The molecule has 0 spiro atoms. The van der Waals surface area contributed by atoms with Crippen molar-refractivity contribution in [3.8, 4) is 0 Å². The second-order valence-electron chi connectivity index (χ2n) is 9.51. The number of pyridine rings is 2. The largest absolute Gasteiger partial charge is 0.477 e. The number of cyclic esters (lactones) is 1. The summed E-state index contributed by atoms with van der Waals surface area (Å²) in [6, 6.07) is 14.6. The number of carboxylic acid groups (broad SMARTS) is 1. The molecule has 3 aromatic rings. The van der Waals surface area contributed by atoms with Crippen LogP contribution in [0.15, 0.2) is 67.0 Å². The number of hydrogen-bond acceptors (Lipinski definition) is 8. The van der Waals surface area contributed by atoms with Crippen LogP contribution in [0.4, 0.5) is 20.6 Å². The van der Waals surface area contributed by atoms with E-state index in [9.17, 15) is 23.6 Å². The first kappa shape index (κ1) is 29.1. The Bertz CT molecular complexity index is 1380. The highest BCUT2D eigenvalue weighted by Crippen LogP contribution is 2.29. The number of halogens is 1. The Kier molecular flexibility index (Phi) is 9.56. The molecule has 0 aliphatic carbocycles. The predicted octanol–water partition coefficient (Wildman–Crippen LogP) is 3.66. The minimum absolute atomic E-state index is 0.0386. The highest BCUT2D eigenvalue weighted by molar-refractivity contribution is 5.92. The Morgan fingerprint density at radius 2 is 1.63 bits per heavy atom. The molecule has 2 aliphatic rings. The minimum atomic E-state index is -0.990. The van der Waals surface area contributed by atoms with Gasteiger partial charge in [0.2, 0.25) is 0 Å². The Morgan fingerprint density at radius 1 is 0.976 bits per heavy atom. The number of benzene rings is 1. The summed E-state index contributed by atoms with van der Waals surface area (Å²) < 4.78 is 20.2. The van der Waals surface area contributed by atoms with Crippen LogP contribution in [-0.4, -0.2) is 82.6 Å². The standard InChI is InChI=1S/C23H25FN4O4.C6H5NO2/c1-16(29)5-7-18-15-28(23(31)32-18)17-6-8-21(19(24)14-17)26-10-12-27(13-11-26)22(30)20-4-2-3-9-25-20;8-6(9)5-3-1-2-4-7-5/h2-4,6,8-9,14,18H,5,7,10-13,15H2,1H3;1-4H,(H,8,9)/t18-;/m0./s1.